The molecular weight excluding hydrogens is 164 g/mol. The van der Waals surface area contributed by atoms with Gasteiger partial charge in [-0.15, -0.1) is 0 Å². The third-order valence-electron chi connectivity index (χ3n) is 2.16. The molecule has 0 aliphatic carbocycles. The summed E-state index contributed by atoms with van der Waals surface area (Å²) in [5.41, 5.74) is 0.309. The Balaban J connectivity index is 2.08. The van der Waals surface area contributed by atoms with Gasteiger partial charge in [-0.25, -0.2) is 0 Å². The average Bonchev–Trinajstić information content (AvgIpc) is 2.67. The molecule has 0 saturated carbocycles. The first-order valence-electron chi connectivity index (χ1n) is 5.19. The van der Waals surface area contributed by atoms with Crippen LogP contribution in [0.15, 0.2) is 0 Å². The van der Waals surface area contributed by atoms with Gasteiger partial charge in [0.2, 0.25) is 0 Å². The van der Waals surface area contributed by atoms with E-state index in [4.69, 9.17) is 9.47 Å². The summed E-state index contributed by atoms with van der Waals surface area (Å²) in [4.78, 5) is 0. The lowest BCUT2D eigenvalue weighted by Crippen LogP contribution is -2.22. The first kappa shape index (κ1) is 11.0. The minimum absolute atomic E-state index is 0.309. The highest BCUT2D eigenvalue weighted by molar-refractivity contribution is 4.72. The third-order valence-corrected chi connectivity index (χ3v) is 2.16. The molecule has 0 bridgehead atoms. The fourth-order valence-corrected chi connectivity index (χ4v) is 1.80. The maximum Gasteiger partial charge on any atom is 0.104 e. The fourth-order valence-electron chi connectivity index (χ4n) is 1.80. The Morgan fingerprint density at radius 2 is 2.08 bits per heavy atom. The Bertz CT molecular complexity index is 148. The molecule has 0 N–H and O–H groups in total. The van der Waals surface area contributed by atoms with Crippen molar-refractivity contribution < 1.29 is 9.47 Å². The van der Waals surface area contributed by atoms with E-state index in [9.17, 15) is 0 Å². The molecule has 1 atom stereocenters. The molecule has 1 fully saturated rings. The van der Waals surface area contributed by atoms with Crippen LogP contribution in [0.5, 0.6) is 0 Å². The van der Waals surface area contributed by atoms with Gasteiger partial charge in [0.1, 0.15) is 6.10 Å². The molecule has 0 aromatic carbocycles. The van der Waals surface area contributed by atoms with Crippen molar-refractivity contribution in [2.75, 3.05) is 19.8 Å². The van der Waals surface area contributed by atoms with E-state index >= 15 is 0 Å². The summed E-state index contributed by atoms with van der Waals surface area (Å²) in [7, 11) is 0. The third kappa shape index (κ3) is 5.27. The van der Waals surface area contributed by atoms with E-state index in [2.05, 4.69) is 27.7 Å². The van der Waals surface area contributed by atoms with E-state index in [1.165, 1.54) is 6.42 Å². The van der Waals surface area contributed by atoms with Crippen LogP contribution in [0.25, 0.3) is 0 Å². The van der Waals surface area contributed by atoms with E-state index in [1.54, 1.807) is 0 Å². The predicted molar refractivity (Wildman–Crippen MR) is 53.8 cm³/mol. The number of epoxide rings is 1. The van der Waals surface area contributed by atoms with Crippen LogP contribution in [-0.2, 0) is 9.47 Å². The van der Waals surface area contributed by atoms with Gasteiger partial charge in [0, 0.05) is 0 Å². The molecule has 2 heteroatoms. The topological polar surface area (TPSA) is 21.8 Å². The highest BCUT2D eigenvalue weighted by Crippen LogP contribution is 2.25. The second-order valence-corrected chi connectivity index (χ2v) is 5.23. The first-order valence-corrected chi connectivity index (χ1v) is 5.19. The summed E-state index contributed by atoms with van der Waals surface area (Å²) >= 11 is 0. The average molecular weight is 186 g/mol. The SMILES string of the molecule is CC(C)CC(C)(C)COCC1CO1. The zero-order valence-corrected chi connectivity index (χ0v) is 9.30. The van der Waals surface area contributed by atoms with Crippen LogP contribution in [-0.4, -0.2) is 25.9 Å². The fraction of sp³-hybridized carbons (Fsp3) is 1.00. The molecule has 1 saturated heterocycles. The number of hydrogen-bond acceptors (Lipinski definition) is 2. The maximum absolute atomic E-state index is 5.60. The molecule has 0 amide bonds. The van der Waals surface area contributed by atoms with Gasteiger partial charge in [-0.3, -0.25) is 0 Å². The Morgan fingerprint density at radius 1 is 1.46 bits per heavy atom. The molecule has 0 aromatic rings. The second-order valence-electron chi connectivity index (χ2n) is 5.23. The summed E-state index contributed by atoms with van der Waals surface area (Å²) in [5.74, 6) is 0.746. The van der Waals surface area contributed by atoms with E-state index < -0.39 is 0 Å². The van der Waals surface area contributed by atoms with Crippen molar-refractivity contribution in [1.82, 2.24) is 0 Å². The lowest BCUT2D eigenvalue weighted by molar-refractivity contribution is 0.0428. The van der Waals surface area contributed by atoms with Crippen LogP contribution in [0, 0.1) is 11.3 Å². The summed E-state index contributed by atoms with van der Waals surface area (Å²) < 4.78 is 10.7. The number of hydrogen-bond donors (Lipinski definition) is 0. The van der Waals surface area contributed by atoms with Gasteiger partial charge < -0.3 is 9.47 Å². The van der Waals surface area contributed by atoms with Gasteiger partial charge in [-0.05, 0) is 17.8 Å². The van der Waals surface area contributed by atoms with Crippen LogP contribution in [0.3, 0.4) is 0 Å². The quantitative estimate of drug-likeness (QED) is 0.594. The minimum atomic E-state index is 0.309. The van der Waals surface area contributed by atoms with Crippen LogP contribution in [0.4, 0.5) is 0 Å². The van der Waals surface area contributed by atoms with E-state index in [0.29, 0.717) is 11.5 Å². The van der Waals surface area contributed by atoms with Gasteiger partial charge in [0.25, 0.3) is 0 Å². The lowest BCUT2D eigenvalue weighted by Gasteiger charge is -2.26. The van der Waals surface area contributed by atoms with Gasteiger partial charge >= 0.3 is 0 Å². The normalized spacial score (nSPS) is 22.4. The highest BCUT2D eigenvalue weighted by atomic mass is 16.6. The molecule has 0 spiro atoms. The molecule has 1 heterocycles. The van der Waals surface area contributed by atoms with Crippen molar-refractivity contribution in [2.24, 2.45) is 11.3 Å². The Labute approximate surface area is 81.6 Å². The summed E-state index contributed by atoms with van der Waals surface area (Å²) in [6.07, 6.45) is 1.62. The van der Waals surface area contributed by atoms with Gasteiger partial charge in [0.05, 0.1) is 19.8 Å². The van der Waals surface area contributed by atoms with Crippen molar-refractivity contribution in [3.63, 3.8) is 0 Å². The molecule has 1 rings (SSSR count). The van der Waals surface area contributed by atoms with Crippen molar-refractivity contribution in [3.05, 3.63) is 0 Å². The summed E-state index contributed by atoms with van der Waals surface area (Å²) in [6, 6.07) is 0. The van der Waals surface area contributed by atoms with Crippen molar-refractivity contribution in [2.45, 2.75) is 40.2 Å². The molecule has 1 unspecified atom stereocenters. The molecule has 13 heavy (non-hydrogen) atoms. The van der Waals surface area contributed by atoms with Gasteiger partial charge in [-0.2, -0.15) is 0 Å². The van der Waals surface area contributed by atoms with Crippen LogP contribution in [0.1, 0.15) is 34.1 Å². The molecular formula is C11H22O2. The van der Waals surface area contributed by atoms with E-state index in [-0.39, 0.29) is 0 Å². The zero-order valence-electron chi connectivity index (χ0n) is 9.30. The largest absolute Gasteiger partial charge is 0.378 e. The maximum atomic E-state index is 5.60. The van der Waals surface area contributed by atoms with E-state index in [1.807, 2.05) is 0 Å². The van der Waals surface area contributed by atoms with Crippen molar-refractivity contribution in [1.29, 1.82) is 0 Å². The van der Waals surface area contributed by atoms with E-state index in [0.717, 1.165) is 25.7 Å². The van der Waals surface area contributed by atoms with Crippen LogP contribution < -0.4 is 0 Å². The second kappa shape index (κ2) is 4.43. The van der Waals surface area contributed by atoms with Gasteiger partial charge in [0.15, 0.2) is 0 Å². The molecule has 0 radical (unpaired) electrons. The predicted octanol–water partition coefficient (Wildman–Crippen LogP) is 2.47. The Morgan fingerprint density at radius 3 is 2.54 bits per heavy atom. The Kier molecular flexibility index (Phi) is 3.74. The number of rotatable bonds is 6. The summed E-state index contributed by atoms with van der Waals surface area (Å²) in [6.45, 7) is 11.6. The van der Waals surface area contributed by atoms with Gasteiger partial charge in [-0.1, -0.05) is 27.7 Å². The molecule has 1 aliphatic heterocycles. The Hall–Kier alpha value is -0.0800. The number of ether oxygens (including phenoxy) is 2. The molecule has 2 nitrogen and oxygen atoms in total. The smallest absolute Gasteiger partial charge is 0.104 e. The lowest BCUT2D eigenvalue weighted by atomic mass is 9.85. The zero-order chi connectivity index (χ0) is 9.90. The highest BCUT2D eigenvalue weighted by Gasteiger charge is 2.25. The van der Waals surface area contributed by atoms with Crippen molar-refractivity contribution >= 4 is 0 Å². The van der Waals surface area contributed by atoms with Crippen LogP contribution >= 0.6 is 0 Å². The molecule has 1 aliphatic rings. The molecule has 78 valence electrons. The standard InChI is InChI=1S/C11H22O2/c1-9(2)5-11(3,4)8-12-6-10-7-13-10/h9-10H,5-8H2,1-4H3. The van der Waals surface area contributed by atoms with Crippen molar-refractivity contribution in [3.8, 4) is 0 Å². The minimum Gasteiger partial charge on any atom is -0.378 e. The summed E-state index contributed by atoms with van der Waals surface area (Å²) in [5, 5.41) is 0. The van der Waals surface area contributed by atoms with Crippen LogP contribution in [0.2, 0.25) is 0 Å². The monoisotopic (exact) mass is 186 g/mol. The first-order chi connectivity index (χ1) is 5.99. The molecule has 0 aromatic heterocycles.